The maximum Gasteiger partial charge on any atom is 0.227 e. The molecule has 0 aromatic carbocycles. The van der Waals surface area contributed by atoms with Gasteiger partial charge in [-0.05, 0) is 43.2 Å². The summed E-state index contributed by atoms with van der Waals surface area (Å²) in [6, 6.07) is 11.9. The Morgan fingerprint density at radius 2 is 1.81 bits per heavy atom. The number of aromatic amines is 2. The SMILES string of the molecule is O=C(Nc1cncc(-c2cnc3n[nH]c(-c4cc5c(-c6ccccn6)cncc5[nH]4)c3c2)c1)C1CCC1. The second-order valence-electron chi connectivity index (χ2n) is 9.32. The van der Waals surface area contributed by atoms with Crippen molar-refractivity contribution < 1.29 is 4.79 Å². The number of H-pyrrole nitrogens is 2. The summed E-state index contributed by atoms with van der Waals surface area (Å²) in [5.41, 5.74) is 7.48. The monoisotopic (exact) mass is 486 g/mol. The summed E-state index contributed by atoms with van der Waals surface area (Å²) in [5.74, 6) is 0.175. The molecule has 0 spiro atoms. The predicted octanol–water partition coefficient (Wildman–Crippen LogP) is 5.36. The Kier molecular flexibility index (Phi) is 4.99. The fourth-order valence-electron chi connectivity index (χ4n) is 4.76. The first-order valence-corrected chi connectivity index (χ1v) is 12.2. The van der Waals surface area contributed by atoms with E-state index in [1.165, 1.54) is 0 Å². The van der Waals surface area contributed by atoms with Gasteiger partial charge in [-0.15, -0.1) is 0 Å². The van der Waals surface area contributed by atoms with Gasteiger partial charge in [0, 0.05) is 58.2 Å². The van der Waals surface area contributed by atoms with Gasteiger partial charge in [0.15, 0.2) is 5.65 Å². The zero-order valence-corrected chi connectivity index (χ0v) is 19.8. The lowest BCUT2D eigenvalue weighted by atomic mass is 9.85. The van der Waals surface area contributed by atoms with E-state index in [9.17, 15) is 4.79 Å². The standard InChI is InChI=1S/C28H22N8O/c37-28(16-4-3-5-16)33-19-8-17(11-29-13-19)18-9-21-26(35-36-27(21)32-12-18)24-10-20-22(14-30-15-25(20)34-24)23-6-1-2-7-31-23/h1-2,6-16,34H,3-5H2,(H,33,37)(H,32,35,36). The van der Waals surface area contributed by atoms with Crippen molar-refractivity contribution in [1.29, 1.82) is 0 Å². The summed E-state index contributed by atoms with van der Waals surface area (Å²) in [6.07, 6.45) is 13.7. The normalized spacial score (nSPS) is 13.6. The summed E-state index contributed by atoms with van der Waals surface area (Å²) in [6.45, 7) is 0. The molecule has 0 bridgehead atoms. The van der Waals surface area contributed by atoms with E-state index in [0.717, 1.165) is 69.3 Å². The van der Waals surface area contributed by atoms with Gasteiger partial charge < -0.3 is 10.3 Å². The number of nitrogens with one attached hydrogen (secondary N) is 3. The van der Waals surface area contributed by atoms with E-state index in [1.807, 2.05) is 42.7 Å². The van der Waals surface area contributed by atoms with Gasteiger partial charge in [-0.2, -0.15) is 5.10 Å². The molecule has 1 saturated carbocycles. The van der Waals surface area contributed by atoms with Crippen LogP contribution in [0.3, 0.4) is 0 Å². The Balaban J connectivity index is 1.26. The lowest BCUT2D eigenvalue weighted by Gasteiger charge is -2.24. The molecule has 9 heteroatoms. The molecule has 0 atom stereocenters. The Labute approximate surface area is 211 Å². The number of nitrogens with zero attached hydrogens (tertiary/aromatic N) is 5. The number of carbonyl (C=O) groups excluding carboxylic acids is 1. The number of carbonyl (C=O) groups is 1. The van der Waals surface area contributed by atoms with Crippen LogP contribution in [0.25, 0.3) is 55.7 Å². The van der Waals surface area contributed by atoms with Crippen LogP contribution in [0.5, 0.6) is 0 Å². The average Bonchev–Trinajstić information content (AvgIpc) is 3.52. The van der Waals surface area contributed by atoms with Gasteiger partial charge in [0.25, 0.3) is 0 Å². The van der Waals surface area contributed by atoms with Crippen LogP contribution in [0.2, 0.25) is 0 Å². The van der Waals surface area contributed by atoms with Crippen LogP contribution in [-0.4, -0.2) is 41.0 Å². The maximum absolute atomic E-state index is 12.4. The highest BCUT2D eigenvalue weighted by molar-refractivity contribution is 6.00. The Morgan fingerprint density at radius 1 is 0.919 bits per heavy atom. The van der Waals surface area contributed by atoms with Crippen molar-refractivity contribution in [2.45, 2.75) is 19.3 Å². The topological polar surface area (TPSA) is 125 Å². The van der Waals surface area contributed by atoms with Crippen molar-refractivity contribution in [2.24, 2.45) is 5.92 Å². The minimum absolute atomic E-state index is 0.0641. The molecule has 0 unspecified atom stereocenters. The molecular formula is C28H22N8O. The molecule has 9 nitrogen and oxygen atoms in total. The fourth-order valence-corrected chi connectivity index (χ4v) is 4.76. The molecule has 180 valence electrons. The van der Waals surface area contributed by atoms with E-state index < -0.39 is 0 Å². The molecule has 1 aliphatic carbocycles. The van der Waals surface area contributed by atoms with Gasteiger partial charge in [-0.3, -0.25) is 24.8 Å². The highest BCUT2D eigenvalue weighted by atomic mass is 16.1. The number of hydrogen-bond donors (Lipinski definition) is 3. The van der Waals surface area contributed by atoms with Crippen molar-refractivity contribution in [2.75, 3.05) is 5.32 Å². The average molecular weight is 487 g/mol. The van der Waals surface area contributed by atoms with Crippen molar-refractivity contribution in [3.05, 3.63) is 73.6 Å². The molecule has 6 aromatic rings. The van der Waals surface area contributed by atoms with Crippen LogP contribution in [0.15, 0.2) is 73.6 Å². The van der Waals surface area contributed by atoms with Crippen molar-refractivity contribution in [3.63, 3.8) is 0 Å². The summed E-state index contributed by atoms with van der Waals surface area (Å²) < 4.78 is 0. The van der Waals surface area contributed by atoms with Crippen LogP contribution in [-0.2, 0) is 4.79 Å². The predicted molar refractivity (Wildman–Crippen MR) is 141 cm³/mol. The first kappa shape index (κ1) is 21.4. The Morgan fingerprint density at radius 3 is 2.65 bits per heavy atom. The number of pyridine rings is 4. The second kappa shape index (κ2) is 8.63. The third-order valence-electron chi connectivity index (χ3n) is 6.98. The summed E-state index contributed by atoms with van der Waals surface area (Å²) in [5, 5.41) is 12.5. The molecule has 3 N–H and O–H groups in total. The molecule has 37 heavy (non-hydrogen) atoms. The number of anilines is 1. The van der Waals surface area contributed by atoms with E-state index in [1.54, 1.807) is 24.8 Å². The fraction of sp³-hybridized carbons (Fsp3) is 0.143. The van der Waals surface area contributed by atoms with E-state index in [-0.39, 0.29) is 11.8 Å². The lowest BCUT2D eigenvalue weighted by molar-refractivity contribution is -0.122. The van der Waals surface area contributed by atoms with Crippen LogP contribution >= 0.6 is 0 Å². The van der Waals surface area contributed by atoms with E-state index in [2.05, 4.69) is 46.5 Å². The maximum atomic E-state index is 12.4. The zero-order valence-electron chi connectivity index (χ0n) is 19.8. The zero-order chi connectivity index (χ0) is 24.8. The molecule has 6 heterocycles. The van der Waals surface area contributed by atoms with E-state index in [4.69, 9.17) is 0 Å². The number of amides is 1. The first-order chi connectivity index (χ1) is 18.2. The number of fused-ring (bicyclic) bond motifs is 2. The number of rotatable bonds is 5. The summed E-state index contributed by atoms with van der Waals surface area (Å²) >= 11 is 0. The third-order valence-corrected chi connectivity index (χ3v) is 6.98. The smallest absolute Gasteiger partial charge is 0.227 e. The highest BCUT2D eigenvalue weighted by Crippen LogP contribution is 2.34. The van der Waals surface area contributed by atoms with Crippen LogP contribution in [0.4, 0.5) is 5.69 Å². The van der Waals surface area contributed by atoms with Gasteiger partial charge in [-0.1, -0.05) is 12.5 Å². The second-order valence-corrected chi connectivity index (χ2v) is 9.32. The summed E-state index contributed by atoms with van der Waals surface area (Å²) in [7, 11) is 0. The quantitative estimate of drug-likeness (QED) is 0.301. The first-order valence-electron chi connectivity index (χ1n) is 12.2. The van der Waals surface area contributed by atoms with Gasteiger partial charge in [0.2, 0.25) is 5.91 Å². The van der Waals surface area contributed by atoms with Crippen LogP contribution in [0, 0.1) is 5.92 Å². The Bertz CT molecular complexity index is 1770. The molecule has 1 fully saturated rings. The van der Waals surface area contributed by atoms with E-state index in [0.29, 0.717) is 11.3 Å². The van der Waals surface area contributed by atoms with Crippen molar-refractivity contribution >= 4 is 33.5 Å². The van der Waals surface area contributed by atoms with Gasteiger partial charge in [0.1, 0.15) is 0 Å². The van der Waals surface area contributed by atoms with Crippen molar-refractivity contribution in [1.82, 2.24) is 35.1 Å². The highest BCUT2D eigenvalue weighted by Gasteiger charge is 2.25. The molecule has 0 saturated heterocycles. The number of aromatic nitrogens is 7. The largest absolute Gasteiger partial charge is 0.352 e. The lowest BCUT2D eigenvalue weighted by Crippen LogP contribution is -2.28. The minimum atomic E-state index is 0.0641. The van der Waals surface area contributed by atoms with E-state index >= 15 is 0 Å². The van der Waals surface area contributed by atoms with Gasteiger partial charge >= 0.3 is 0 Å². The van der Waals surface area contributed by atoms with Gasteiger partial charge in [0.05, 0.1) is 40.7 Å². The van der Waals surface area contributed by atoms with Crippen LogP contribution < -0.4 is 5.32 Å². The molecule has 0 aliphatic heterocycles. The molecule has 1 amide bonds. The third kappa shape index (κ3) is 3.81. The van der Waals surface area contributed by atoms with Crippen molar-refractivity contribution in [3.8, 4) is 33.8 Å². The molecule has 6 aromatic heterocycles. The van der Waals surface area contributed by atoms with Gasteiger partial charge in [-0.25, -0.2) is 4.98 Å². The van der Waals surface area contributed by atoms with Crippen LogP contribution in [0.1, 0.15) is 19.3 Å². The molecule has 0 radical (unpaired) electrons. The Hall–Kier alpha value is -4.92. The summed E-state index contributed by atoms with van der Waals surface area (Å²) in [4.78, 5) is 33.7. The molecule has 1 aliphatic rings. The molecule has 7 rings (SSSR count). The number of hydrogen-bond acceptors (Lipinski definition) is 6. The minimum Gasteiger partial charge on any atom is -0.352 e. The molecular weight excluding hydrogens is 464 g/mol.